The van der Waals surface area contributed by atoms with Crippen LogP contribution in [0.4, 0.5) is 0 Å². The number of hydrogen-bond donors (Lipinski definition) is 1. The van der Waals surface area contributed by atoms with E-state index in [1.54, 1.807) is 31.4 Å². The van der Waals surface area contributed by atoms with E-state index in [9.17, 15) is 4.79 Å². The smallest absolute Gasteiger partial charge is 0.285 e. The van der Waals surface area contributed by atoms with Crippen LogP contribution >= 0.6 is 0 Å². The predicted molar refractivity (Wildman–Crippen MR) is 73.5 cm³/mol. The quantitative estimate of drug-likeness (QED) is 0.811. The zero-order valence-corrected chi connectivity index (χ0v) is 11.5. The van der Waals surface area contributed by atoms with Gasteiger partial charge in [0.05, 0.1) is 13.2 Å². The summed E-state index contributed by atoms with van der Waals surface area (Å²) in [6.45, 7) is 1.96. The Labute approximate surface area is 116 Å². The van der Waals surface area contributed by atoms with Crippen molar-refractivity contribution in [3.63, 3.8) is 0 Å². The number of ketones is 1. The molecule has 0 spiro atoms. The molecule has 106 valence electrons. The Bertz CT molecular complexity index is 578. The molecule has 0 aliphatic heterocycles. The van der Waals surface area contributed by atoms with E-state index in [1.165, 1.54) is 0 Å². The zero-order chi connectivity index (χ0) is 14.5. The Morgan fingerprint density at radius 3 is 2.65 bits per heavy atom. The van der Waals surface area contributed by atoms with Crippen LogP contribution in [0.3, 0.4) is 0 Å². The Kier molecular flexibility index (Phi) is 4.47. The standard InChI is InChI=1S/C14H17N3O3/c1-3-4-11(15)12(18)14-17-16-13(20-14)9-5-7-10(19-2)8-6-9/h5-8,11H,3-4,15H2,1-2H3. The van der Waals surface area contributed by atoms with Crippen LogP contribution in [0.25, 0.3) is 11.5 Å². The number of Topliss-reactive ketones (excluding diaryl/α,β-unsaturated/α-hetero) is 1. The molecular weight excluding hydrogens is 258 g/mol. The molecule has 6 nitrogen and oxygen atoms in total. The molecule has 2 rings (SSSR count). The van der Waals surface area contributed by atoms with Crippen molar-refractivity contribution in [3.8, 4) is 17.2 Å². The largest absolute Gasteiger partial charge is 0.497 e. The Hall–Kier alpha value is -2.21. The number of methoxy groups -OCH3 is 1. The summed E-state index contributed by atoms with van der Waals surface area (Å²) in [6.07, 6.45) is 1.42. The van der Waals surface area contributed by atoms with Crippen LogP contribution in [-0.2, 0) is 0 Å². The molecule has 0 amide bonds. The maximum Gasteiger partial charge on any atom is 0.285 e. The van der Waals surface area contributed by atoms with E-state index < -0.39 is 6.04 Å². The van der Waals surface area contributed by atoms with Gasteiger partial charge in [0.15, 0.2) is 0 Å². The minimum Gasteiger partial charge on any atom is -0.497 e. The molecule has 1 aromatic carbocycles. The van der Waals surface area contributed by atoms with Crippen molar-refractivity contribution < 1.29 is 13.9 Å². The van der Waals surface area contributed by atoms with Gasteiger partial charge in [0.1, 0.15) is 5.75 Å². The van der Waals surface area contributed by atoms with Gasteiger partial charge in [-0.15, -0.1) is 10.2 Å². The van der Waals surface area contributed by atoms with E-state index in [2.05, 4.69) is 10.2 Å². The van der Waals surface area contributed by atoms with Crippen LogP contribution in [0.2, 0.25) is 0 Å². The van der Waals surface area contributed by atoms with Crippen LogP contribution in [0.5, 0.6) is 5.75 Å². The lowest BCUT2D eigenvalue weighted by atomic mass is 10.1. The number of benzene rings is 1. The Balaban J connectivity index is 2.17. The second-order valence-electron chi connectivity index (χ2n) is 4.40. The highest BCUT2D eigenvalue weighted by molar-refractivity contribution is 5.96. The Morgan fingerprint density at radius 2 is 2.05 bits per heavy atom. The average Bonchev–Trinajstić information content (AvgIpc) is 2.96. The fourth-order valence-electron chi connectivity index (χ4n) is 1.77. The van der Waals surface area contributed by atoms with Gasteiger partial charge in [-0.3, -0.25) is 4.79 Å². The molecule has 0 aliphatic rings. The molecule has 1 aromatic heterocycles. The van der Waals surface area contributed by atoms with E-state index in [0.29, 0.717) is 12.3 Å². The zero-order valence-electron chi connectivity index (χ0n) is 11.5. The first-order valence-corrected chi connectivity index (χ1v) is 6.43. The number of nitrogens with two attached hydrogens (primary N) is 1. The van der Waals surface area contributed by atoms with E-state index in [0.717, 1.165) is 17.7 Å². The van der Waals surface area contributed by atoms with Crippen LogP contribution in [0, 0.1) is 0 Å². The summed E-state index contributed by atoms with van der Waals surface area (Å²) in [5, 5.41) is 7.63. The summed E-state index contributed by atoms with van der Waals surface area (Å²) in [4.78, 5) is 11.9. The van der Waals surface area contributed by atoms with Crippen LogP contribution < -0.4 is 10.5 Å². The fraction of sp³-hybridized carbons (Fsp3) is 0.357. The summed E-state index contributed by atoms with van der Waals surface area (Å²) >= 11 is 0. The highest BCUT2D eigenvalue weighted by Gasteiger charge is 2.21. The lowest BCUT2D eigenvalue weighted by Crippen LogP contribution is -2.30. The molecule has 1 atom stereocenters. The van der Waals surface area contributed by atoms with Crippen molar-refractivity contribution in [2.75, 3.05) is 7.11 Å². The number of nitrogens with zero attached hydrogens (tertiary/aromatic N) is 2. The predicted octanol–water partition coefficient (Wildman–Crippen LogP) is 2.06. The summed E-state index contributed by atoms with van der Waals surface area (Å²) in [7, 11) is 1.59. The second kappa shape index (κ2) is 6.29. The van der Waals surface area contributed by atoms with E-state index in [-0.39, 0.29) is 11.7 Å². The average molecular weight is 275 g/mol. The summed E-state index contributed by atoms with van der Waals surface area (Å²) in [5.41, 5.74) is 6.48. The molecular formula is C14H17N3O3. The third-order valence-electron chi connectivity index (χ3n) is 2.91. The molecule has 0 fully saturated rings. The molecule has 0 aliphatic carbocycles. The first-order chi connectivity index (χ1) is 9.65. The highest BCUT2D eigenvalue weighted by Crippen LogP contribution is 2.21. The first-order valence-electron chi connectivity index (χ1n) is 6.43. The topological polar surface area (TPSA) is 91.2 Å². The van der Waals surface area contributed by atoms with Crippen molar-refractivity contribution >= 4 is 5.78 Å². The summed E-state index contributed by atoms with van der Waals surface area (Å²) in [6, 6.07) is 6.54. The van der Waals surface area contributed by atoms with Gasteiger partial charge in [-0.2, -0.15) is 0 Å². The molecule has 20 heavy (non-hydrogen) atoms. The maximum absolute atomic E-state index is 11.9. The SMILES string of the molecule is CCCC(N)C(=O)c1nnc(-c2ccc(OC)cc2)o1. The van der Waals surface area contributed by atoms with Gasteiger partial charge in [-0.05, 0) is 30.7 Å². The van der Waals surface area contributed by atoms with Gasteiger partial charge >= 0.3 is 0 Å². The van der Waals surface area contributed by atoms with Crippen LogP contribution in [-0.4, -0.2) is 29.1 Å². The number of aromatic nitrogens is 2. The second-order valence-corrected chi connectivity index (χ2v) is 4.40. The lowest BCUT2D eigenvalue weighted by molar-refractivity contribution is 0.0923. The monoisotopic (exact) mass is 275 g/mol. The number of ether oxygens (including phenoxy) is 1. The van der Waals surface area contributed by atoms with Crippen molar-refractivity contribution in [2.24, 2.45) is 5.73 Å². The van der Waals surface area contributed by atoms with Crippen molar-refractivity contribution in [1.29, 1.82) is 0 Å². The minimum absolute atomic E-state index is 0.0447. The molecule has 0 saturated carbocycles. The molecule has 6 heteroatoms. The van der Waals surface area contributed by atoms with E-state index in [1.807, 2.05) is 6.92 Å². The minimum atomic E-state index is -0.593. The van der Waals surface area contributed by atoms with E-state index >= 15 is 0 Å². The van der Waals surface area contributed by atoms with Crippen molar-refractivity contribution in [2.45, 2.75) is 25.8 Å². The molecule has 2 N–H and O–H groups in total. The van der Waals surface area contributed by atoms with Gasteiger partial charge < -0.3 is 14.9 Å². The van der Waals surface area contributed by atoms with Crippen molar-refractivity contribution in [1.82, 2.24) is 10.2 Å². The maximum atomic E-state index is 11.9. The van der Waals surface area contributed by atoms with Gasteiger partial charge in [-0.25, -0.2) is 0 Å². The molecule has 0 bridgehead atoms. The normalized spacial score (nSPS) is 12.2. The van der Waals surface area contributed by atoms with Gasteiger partial charge in [0, 0.05) is 5.56 Å². The van der Waals surface area contributed by atoms with Gasteiger partial charge in [0.2, 0.25) is 11.7 Å². The summed E-state index contributed by atoms with van der Waals surface area (Å²) in [5.74, 6) is 0.658. The van der Waals surface area contributed by atoms with Crippen LogP contribution in [0.15, 0.2) is 28.7 Å². The molecule has 2 aromatic rings. The number of carbonyl (C=O) groups excluding carboxylic acids is 1. The summed E-state index contributed by atoms with van der Waals surface area (Å²) < 4.78 is 10.4. The Morgan fingerprint density at radius 1 is 1.35 bits per heavy atom. The van der Waals surface area contributed by atoms with Gasteiger partial charge in [-0.1, -0.05) is 13.3 Å². The molecule has 1 heterocycles. The molecule has 0 radical (unpaired) electrons. The van der Waals surface area contributed by atoms with E-state index in [4.69, 9.17) is 14.9 Å². The van der Waals surface area contributed by atoms with Crippen molar-refractivity contribution in [3.05, 3.63) is 30.2 Å². The molecule has 1 unspecified atom stereocenters. The number of rotatable bonds is 6. The fourth-order valence-corrected chi connectivity index (χ4v) is 1.77. The third kappa shape index (κ3) is 3.03. The lowest BCUT2D eigenvalue weighted by Gasteiger charge is -2.04. The molecule has 0 saturated heterocycles. The first kappa shape index (κ1) is 14.2. The van der Waals surface area contributed by atoms with Crippen LogP contribution in [0.1, 0.15) is 30.5 Å². The number of carbonyl (C=O) groups is 1. The third-order valence-corrected chi connectivity index (χ3v) is 2.91. The van der Waals surface area contributed by atoms with Gasteiger partial charge in [0.25, 0.3) is 5.89 Å². The number of hydrogen-bond acceptors (Lipinski definition) is 6. The highest BCUT2D eigenvalue weighted by atomic mass is 16.5.